The Morgan fingerprint density at radius 2 is 2.47 bits per heavy atom. The van der Waals surface area contributed by atoms with E-state index >= 15 is 0 Å². The van der Waals surface area contributed by atoms with Gasteiger partial charge in [-0.25, -0.2) is 4.98 Å². The first-order chi connectivity index (χ1) is 7.13. The molecule has 0 spiro atoms. The Labute approximate surface area is 101 Å². The first kappa shape index (κ1) is 12.3. The fraction of sp³-hybridized carbons (Fsp3) is 0.333. The summed E-state index contributed by atoms with van der Waals surface area (Å²) < 4.78 is 5.83. The number of halogens is 2. The van der Waals surface area contributed by atoms with Crippen molar-refractivity contribution in [1.29, 1.82) is 0 Å². The molecule has 0 fully saturated rings. The van der Waals surface area contributed by atoms with Crippen molar-refractivity contribution in [2.45, 2.75) is 6.92 Å². The van der Waals surface area contributed by atoms with Gasteiger partial charge in [0.1, 0.15) is 0 Å². The number of nitrogens with zero attached hydrogens (tertiary/aromatic N) is 1. The van der Waals surface area contributed by atoms with Gasteiger partial charge in [-0.3, -0.25) is 4.79 Å². The first-order valence-electron chi connectivity index (χ1n) is 4.34. The van der Waals surface area contributed by atoms with Crippen molar-refractivity contribution < 1.29 is 9.53 Å². The van der Waals surface area contributed by atoms with Gasteiger partial charge >= 0.3 is 0 Å². The number of pyridine rings is 1. The summed E-state index contributed by atoms with van der Waals surface area (Å²) in [6.45, 7) is 2.38. The molecule has 0 radical (unpaired) electrons. The molecule has 1 heterocycles. The molecule has 0 aliphatic heterocycles. The van der Waals surface area contributed by atoms with Crippen LogP contribution in [0.15, 0.2) is 16.7 Å². The average molecular weight is 294 g/mol. The van der Waals surface area contributed by atoms with Crippen LogP contribution in [0.4, 0.5) is 0 Å². The molecule has 0 bridgehead atoms. The topological polar surface area (TPSA) is 51.2 Å². The van der Waals surface area contributed by atoms with Crippen molar-refractivity contribution in [3.8, 4) is 5.88 Å². The number of hydrogen-bond acceptors (Lipinski definition) is 3. The van der Waals surface area contributed by atoms with Crippen molar-refractivity contribution in [2.75, 3.05) is 13.2 Å². The second-order valence-corrected chi connectivity index (χ2v) is 3.94. The predicted molar refractivity (Wildman–Crippen MR) is 61.1 cm³/mol. The molecule has 4 nitrogen and oxygen atoms in total. The Bertz CT molecular complexity index is 360. The summed E-state index contributed by atoms with van der Waals surface area (Å²) in [7, 11) is 0. The third-order valence-electron chi connectivity index (χ3n) is 1.51. The van der Waals surface area contributed by atoms with Crippen LogP contribution in [0, 0.1) is 0 Å². The van der Waals surface area contributed by atoms with E-state index in [1.54, 1.807) is 6.07 Å². The van der Waals surface area contributed by atoms with Crippen molar-refractivity contribution in [1.82, 2.24) is 10.3 Å². The van der Waals surface area contributed by atoms with Gasteiger partial charge in [-0.1, -0.05) is 11.6 Å². The minimum atomic E-state index is -0.176. The fourth-order valence-electron chi connectivity index (χ4n) is 0.863. The molecule has 0 aliphatic carbocycles. The van der Waals surface area contributed by atoms with Gasteiger partial charge in [0, 0.05) is 17.1 Å². The van der Waals surface area contributed by atoms with Crippen molar-refractivity contribution in [2.24, 2.45) is 0 Å². The SMILES string of the molecule is CCNC(=O)COc1cc(Br)c(Cl)cn1. The van der Waals surface area contributed by atoms with Crippen molar-refractivity contribution in [3.05, 3.63) is 21.8 Å². The molecule has 1 aromatic heterocycles. The van der Waals surface area contributed by atoms with E-state index in [-0.39, 0.29) is 12.5 Å². The smallest absolute Gasteiger partial charge is 0.257 e. The number of carbonyl (C=O) groups is 1. The standard InChI is InChI=1S/C9H10BrClN2O2/c1-2-12-8(14)5-15-9-3-6(10)7(11)4-13-9/h3-4H,2,5H2,1H3,(H,12,14). The summed E-state index contributed by atoms with van der Waals surface area (Å²) >= 11 is 8.98. The number of aromatic nitrogens is 1. The van der Waals surface area contributed by atoms with E-state index in [2.05, 4.69) is 26.2 Å². The molecule has 0 saturated carbocycles. The van der Waals surface area contributed by atoms with Crippen LogP contribution in [0.25, 0.3) is 0 Å². The van der Waals surface area contributed by atoms with E-state index in [0.717, 1.165) is 0 Å². The van der Waals surface area contributed by atoms with E-state index in [4.69, 9.17) is 16.3 Å². The Balaban J connectivity index is 2.51. The summed E-state index contributed by atoms with van der Waals surface area (Å²) in [4.78, 5) is 15.0. The number of nitrogens with one attached hydrogen (secondary N) is 1. The van der Waals surface area contributed by atoms with Gasteiger partial charge in [0.15, 0.2) is 6.61 Å². The number of hydrogen-bond donors (Lipinski definition) is 1. The summed E-state index contributed by atoms with van der Waals surface area (Å²) in [5.41, 5.74) is 0. The quantitative estimate of drug-likeness (QED) is 0.924. The lowest BCUT2D eigenvalue weighted by molar-refractivity contribution is -0.123. The maximum Gasteiger partial charge on any atom is 0.257 e. The molecule has 0 aliphatic rings. The van der Waals surface area contributed by atoms with E-state index < -0.39 is 0 Å². The summed E-state index contributed by atoms with van der Waals surface area (Å²) in [5, 5.41) is 3.11. The highest BCUT2D eigenvalue weighted by atomic mass is 79.9. The van der Waals surface area contributed by atoms with Gasteiger partial charge in [0.05, 0.1) is 11.2 Å². The van der Waals surface area contributed by atoms with Crippen LogP contribution < -0.4 is 10.1 Å². The van der Waals surface area contributed by atoms with Crippen LogP contribution in [0.5, 0.6) is 5.88 Å². The van der Waals surface area contributed by atoms with Gasteiger partial charge in [-0.15, -0.1) is 0 Å². The van der Waals surface area contributed by atoms with Gasteiger partial charge in [-0.2, -0.15) is 0 Å². The Kier molecular flexibility index (Phi) is 4.84. The summed E-state index contributed by atoms with van der Waals surface area (Å²) in [6.07, 6.45) is 1.46. The second-order valence-electron chi connectivity index (χ2n) is 2.68. The Morgan fingerprint density at radius 1 is 1.73 bits per heavy atom. The third-order valence-corrected chi connectivity index (χ3v) is 2.69. The molecule has 1 amide bonds. The second kappa shape index (κ2) is 5.92. The van der Waals surface area contributed by atoms with Gasteiger partial charge < -0.3 is 10.1 Å². The van der Waals surface area contributed by atoms with Gasteiger partial charge in [0.25, 0.3) is 5.91 Å². The highest BCUT2D eigenvalue weighted by Crippen LogP contribution is 2.24. The van der Waals surface area contributed by atoms with E-state index in [1.807, 2.05) is 6.92 Å². The minimum Gasteiger partial charge on any atom is -0.468 e. The first-order valence-corrected chi connectivity index (χ1v) is 5.51. The third kappa shape index (κ3) is 4.05. The monoisotopic (exact) mass is 292 g/mol. The van der Waals surface area contributed by atoms with Crippen LogP contribution >= 0.6 is 27.5 Å². The predicted octanol–water partition coefficient (Wildman–Crippen LogP) is 2.01. The fourth-order valence-corrected chi connectivity index (χ4v) is 1.26. The largest absolute Gasteiger partial charge is 0.468 e. The van der Waals surface area contributed by atoms with Crippen LogP contribution in [-0.2, 0) is 4.79 Å². The molecule has 15 heavy (non-hydrogen) atoms. The molecule has 0 saturated heterocycles. The minimum absolute atomic E-state index is 0.0467. The Hall–Kier alpha value is -0.810. The summed E-state index contributed by atoms with van der Waals surface area (Å²) in [5.74, 6) is 0.183. The number of rotatable bonds is 4. The maximum absolute atomic E-state index is 11.1. The normalized spacial score (nSPS) is 9.80. The lowest BCUT2D eigenvalue weighted by atomic mass is 10.5. The molecule has 0 unspecified atom stereocenters. The average Bonchev–Trinajstić information content (AvgIpc) is 2.20. The lowest BCUT2D eigenvalue weighted by Crippen LogP contribution is -2.28. The van der Waals surface area contributed by atoms with Gasteiger partial charge in [-0.05, 0) is 22.9 Å². The molecule has 6 heteroatoms. The zero-order valence-electron chi connectivity index (χ0n) is 8.09. The zero-order chi connectivity index (χ0) is 11.3. The summed E-state index contributed by atoms with van der Waals surface area (Å²) in [6, 6.07) is 1.61. The molecule has 1 rings (SSSR count). The van der Waals surface area contributed by atoms with Crippen LogP contribution in [0.2, 0.25) is 5.02 Å². The number of ether oxygens (including phenoxy) is 1. The molecule has 1 N–H and O–H groups in total. The molecule has 1 aromatic rings. The lowest BCUT2D eigenvalue weighted by Gasteiger charge is -2.05. The van der Waals surface area contributed by atoms with Crippen molar-refractivity contribution in [3.63, 3.8) is 0 Å². The molecular formula is C9H10BrClN2O2. The van der Waals surface area contributed by atoms with E-state index in [0.29, 0.717) is 21.9 Å². The maximum atomic E-state index is 11.1. The van der Waals surface area contributed by atoms with Crippen LogP contribution in [0.1, 0.15) is 6.92 Å². The highest BCUT2D eigenvalue weighted by Gasteiger charge is 2.04. The number of amides is 1. The molecule has 0 aromatic carbocycles. The molecule has 82 valence electrons. The number of carbonyl (C=O) groups excluding carboxylic acids is 1. The Morgan fingerprint density at radius 3 is 3.07 bits per heavy atom. The van der Waals surface area contributed by atoms with Crippen LogP contribution in [-0.4, -0.2) is 24.0 Å². The van der Waals surface area contributed by atoms with Gasteiger partial charge in [0.2, 0.25) is 5.88 Å². The van der Waals surface area contributed by atoms with E-state index in [1.165, 1.54) is 6.20 Å². The highest BCUT2D eigenvalue weighted by molar-refractivity contribution is 9.10. The molecule has 0 atom stereocenters. The zero-order valence-corrected chi connectivity index (χ0v) is 10.4. The van der Waals surface area contributed by atoms with Crippen LogP contribution in [0.3, 0.4) is 0 Å². The van der Waals surface area contributed by atoms with Crippen molar-refractivity contribution >= 4 is 33.4 Å². The molecular weight excluding hydrogens is 283 g/mol. The number of likely N-dealkylation sites (N-methyl/N-ethyl adjacent to an activating group) is 1. The van der Waals surface area contributed by atoms with E-state index in [9.17, 15) is 4.79 Å².